The predicted molar refractivity (Wildman–Crippen MR) is 69.4 cm³/mol. The van der Waals surface area contributed by atoms with Crippen molar-refractivity contribution in [1.82, 2.24) is 4.90 Å². The van der Waals surface area contributed by atoms with Crippen LogP contribution in [0.5, 0.6) is 0 Å². The fourth-order valence-corrected chi connectivity index (χ4v) is 3.60. The van der Waals surface area contributed by atoms with Gasteiger partial charge in [-0.3, -0.25) is 4.90 Å². The Bertz CT molecular complexity index is 199. The first kappa shape index (κ1) is 12.4. The maximum atomic E-state index is 6.33. The highest BCUT2D eigenvalue weighted by molar-refractivity contribution is 4.90. The van der Waals surface area contributed by atoms with Gasteiger partial charge in [-0.2, -0.15) is 0 Å². The van der Waals surface area contributed by atoms with Crippen molar-refractivity contribution in [3.63, 3.8) is 0 Å². The van der Waals surface area contributed by atoms with Crippen LogP contribution in [0.2, 0.25) is 0 Å². The second kappa shape index (κ2) is 6.02. The Morgan fingerprint density at radius 2 is 1.88 bits per heavy atom. The van der Waals surface area contributed by atoms with E-state index in [9.17, 15) is 0 Å². The van der Waals surface area contributed by atoms with E-state index in [0.717, 1.165) is 5.92 Å². The quantitative estimate of drug-likeness (QED) is 0.798. The predicted octanol–water partition coefficient (Wildman–Crippen LogP) is 2.77. The highest BCUT2D eigenvalue weighted by Gasteiger charge is 2.32. The fourth-order valence-electron chi connectivity index (χ4n) is 3.60. The van der Waals surface area contributed by atoms with E-state index in [0.29, 0.717) is 12.1 Å². The van der Waals surface area contributed by atoms with Gasteiger partial charge < -0.3 is 5.73 Å². The summed E-state index contributed by atoms with van der Waals surface area (Å²) in [5, 5.41) is 0. The Kier molecular flexibility index (Phi) is 4.66. The Labute approximate surface area is 101 Å². The molecular formula is C14H28N2. The van der Waals surface area contributed by atoms with Crippen LogP contribution >= 0.6 is 0 Å². The Balaban J connectivity index is 1.89. The number of piperidine rings is 1. The molecule has 1 aliphatic heterocycles. The van der Waals surface area contributed by atoms with E-state index in [1.54, 1.807) is 0 Å². The first-order chi connectivity index (χ1) is 7.81. The van der Waals surface area contributed by atoms with Crippen LogP contribution in [0.4, 0.5) is 0 Å². The molecule has 0 aromatic carbocycles. The molecule has 16 heavy (non-hydrogen) atoms. The van der Waals surface area contributed by atoms with Crippen LogP contribution in [0.1, 0.15) is 58.3 Å². The van der Waals surface area contributed by atoms with Gasteiger partial charge in [0.05, 0.1) is 0 Å². The van der Waals surface area contributed by atoms with Gasteiger partial charge in [-0.15, -0.1) is 0 Å². The summed E-state index contributed by atoms with van der Waals surface area (Å²) >= 11 is 0. The monoisotopic (exact) mass is 224 g/mol. The second-order valence-electron chi connectivity index (χ2n) is 5.80. The highest BCUT2D eigenvalue weighted by atomic mass is 15.2. The summed E-state index contributed by atoms with van der Waals surface area (Å²) in [5.41, 5.74) is 6.33. The van der Waals surface area contributed by atoms with Crippen molar-refractivity contribution in [3.05, 3.63) is 0 Å². The molecule has 2 nitrogen and oxygen atoms in total. The summed E-state index contributed by atoms with van der Waals surface area (Å²) in [6.07, 6.45) is 11.0. The lowest BCUT2D eigenvalue weighted by Crippen LogP contribution is -2.52. The molecule has 2 fully saturated rings. The molecular weight excluding hydrogens is 196 g/mol. The molecule has 0 amide bonds. The molecule has 1 aliphatic carbocycles. The van der Waals surface area contributed by atoms with Crippen LogP contribution in [-0.2, 0) is 0 Å². The van der Waals surface area contributed by atoms with Gasteiger partial charge in [-0.05, 0) is 51.1 Å². The van der Waals surface area contributed by atoms with Crippen LogP contribution in [0.25, 0.3) is 0 Å². The summed E-state index contributed by atoms with van der Waals surface area (Å²) in [4.78, 5) is 2.69. The molecule has 94 valence electrons. The third-order valence-electron chi connectivity index (χ3n) is 4.53. The second-order valence-corrected chi connectivity index (χ2v) is 5.80. The molecule has 0 aromatic heterocycles. The van der Waals surface area contributed by atoms with Crippen molar-refractivity contribution >= 4 is 0 Å². The fraction of sp³-hybridized carbons (Fsp3) is 1.00. The third kappa shape index (κ3) is 2.98. The standard InChI is InChI=1S/C14H28N2/c1-2-6-12-7-8-13(15)14(11-12)16-9-4-3-5-10-16/h12-14H,2-11,15H2,1H3. The molecule has 2 rings (SSSR count). The van der Waals surface area contributed by atoms with Gasteiger partial charge in [0, 0.05) is 12.1 Å². The third-order valence-corrected chi connectivity index (χ3v) is 4.53. The Hall–Kier alpha value is -0.0800. The van der Waals surface area contributed by atoms with E-state index in [2.05, 4.69) is 11.8 Å². The zero-order valence-corrected chi connectivity index (χ0v) is 10.8. The van der Waals surface area contributed by atoms with Crippen molar-refractivity contribution in [3.8, 4) is 0 Å². The minimum Gasteiger partial charge on any atom is -0.326 e. The molecule has 2 heteroatoms. The van der Waals surface area contributed by atoms with Crippen molar-refractivity contribution in [2.24, 2.45) is 11.7 Å². The smallest absolute Gasteiger partial charge is 0.0249 e. The molecule has 1 saturated carbocycles. The number of nitrogens with two attached hydrogens (primary N) is 1. The molecule has 0 aromatic rings. The maximum Gasteiger partial charge on any atom is 0.0249 e. The zero-order valence-electron chi connectivity index (χ0n) is 10.8. The molecule has 3 unspecified atom stereocenters. The van der Waals surface area contributed by atoms with Gasteiger partial charge in [0.15, 0.2) is 0 Å². The summed E-state index contributed by atoms with van der Waals surface area (Å²) in [6, 6.07) is 1.15. The van der Waals surface area contributed by atoms with Crippen LogP contribution in [0, 0.1) is 5.92 Å². The molecule has 0 spiro atoms. The van der Waals surface area contributed by atoms with Crippen LogP contribution in [-0.4, -0.2) is 30.1 Å². The molecule has 0 radical (unpaired) electrons. The topological polar surface area (TPSA) is 29.3 Å². The summed E-state index contributed by atoms with van der Waals surface area (Å²) in [7, 11) is 0. The van der Waals surface area contributed by atoms with E-state index in [1.807, 2.05) is 0 Å². The zero-order chi connectivity index (χ0) is 11.4. The van der Waals surface area contributed by atoms with E-state index >= 15 is 0 Å². The summed E-state index contributed by atoms with van der Waals surface area (Å²) < 4.78 is 0. The molecule has 1 saturated heterocycles. The van der Waals surface area contributed by atoms with E-state index in [-0.39, 0.29) is 0 Å². The van der Waals surface area contributed by atoms with Gasteiger partial charge in [0.1, 0.15) is 0 Å². The van der Waals surface area contributed by atoms with Crippen LogP contribution in [0.3, 0.4) is 0 Å². The lowest BCUT2D eigenvalue weighted by molar-refractivity contribution is 0.0904. The van der Waals surface area contributed by atoms with Gasteiger partial charge in [0.25, 0.3) is 0 Å². The molecule has 3 atom stereocenters. The Morgan fingerprint density at radius 1 is 1.12 bits per heavy atom. The van der Waals surface area contributed by atoms with Gasteiger partial charge in [-0.1, -0.05) is 26.2 Å². The maximum absolute atomic E-state index is 6.33. The number of hydrogen-bond donors (Lipinski definition) is 1. The van der Waals surface area contributed by atoms with E-state index in [4.69, 9.17) is 5.73 Å². The minimum absolute atomic E-state index is 0.450. The summed E-state index contributed by atoms with van der Waals surface area (Å²) in [5.74, 6) is 0.955. The number of nitrogens with zero attached hydrogens (tertiary/aromatic N) is 1. The minimum atomic E-state index is 0.450. The SMILES string of the molecule is CCCC1CCC(N)C(N2CCCCC2)C1. The van der Waals surface area contributed by atoms with Crippen molar-refractivity contribution in [2.75, 3.05) is 13.1 Å². The number of likely N-dealkylation sites (tertiary alicyclic amines) is 1. The van der Waals surface area contributed by atoms with Crippen molar-refractivity contribution < 1.29 is 0 Å². The summed E-state index contributed by atoms with van der Waals surface area (Å²) in [6.45, 7) is 4.92. The van der Waals surface area contributed by atoms with Crippen LogP contribution in [0.15, 0.2) is 0 Å². The molecule has 2 N–H and O–H groups in total. The first-order valence-electron chi connectivity index (χ1n) is 7.31. The van der Waals surface area contributed by atoms with E-state index < -0.39 is 0 Å². The lowest BCUT2D eigenvalue weighted by Gasteiger charge is -2.43. The lowest BCUT2D eigenvalue weighted by atomic mass is 9.79. The first-order valence-corrected chi connectivity index (χ1v) is 7.31. The van der Waals surface area contributed by atoms with Gasteiger partial charge in [0.2, 0.25) is 0 Å². The average Bonchev–Trinajstić information content (AvgIpc) is 2.33. The van der Waals surface area contributed by atoms with Gasteiger partial charge >= 0.3 is 0 Å². The highest BCUT2D eigenvalue weighted by Crippen LogP contribution is 2.31. The van der Waals surface area contributed by atoms with Crippen LogP contribution < -0.4 is 5.73 Å². The average molecular weight is 224 g/mol. The molecule has 1 heterocycles. The molecule has 0 bridgehead atoms. The van der Waals surface area contributed by atoms with Gasteiger partial charge in [-0.25, -0.2) is 0 Å². The van der Waals surface area contributed by atoms with Crippen molar-refractivity contribution in [1.29, 1.82) is 0 Å². The number of hydrogen-bond acceptors (Lipinski definition) is 2. The van der Waals surface area contributed by atoms with E-state index in [1.165, 1.54) is 64.5 Å². The largest absolute Gasteiger partial charge is 0.326 e. The molecule has 2 aliphatic rings. The van der Waals surface area contributed by atoms with Crippen molar-refractivity contribution in [2.45, 2.75) is 70.4 Å². The Morgan fingerprint density at radius 3 is 2.56 bits per heavy atom. The normalized spacial score (nSPS) is 37.5. The number of rotatable bonds is 3.